The molecule has 3 N–H and O–H groups in total. The van der Waals surface area contributed by atoms with E-state index in [1.54, 1.807) is 21.9 Å². The van der Waals surface area contributed by atoms with Gasteiger partial charge in [-0.25, -0.2) is 4.79 Å². The summed E-state index contributed by atoms with van der Waals surface area (Å²) in [5.41, 5.74) is 5.57. The van der Waals surface area contributed by atoms with E-state index in [0.717, 1.165) is 0 Å². The molecule has 21 heavy (non-hydrogen) atoms. The van der Waals surface area contributed by atoms with E-state index in [-0.39, 0.29) is 18.4 Å². The highest BCUT2D eigenvalue weighted by molar-refractivity contribution is 5.94. The fourth-order valence-electron chi connectivity index (χ4n) is 2.20. The Hall–Kier alpha value is -2.57. The smallest absolute Gasteiger partial charge is 0.312 e. The Kier molecular flexibility index (Phi) is 4.76. The number of rotatable bonds is 3. The van der Waals surface area contributed by atoms with Gasteiger partial charge in [0, 0.05) is 31.7 Å². The zero-order chi connectivity index (χ0) is 15.2. The Bertz CT molecular complexity index is 524. The van der Waals surface area contributed by atoms with Crippen molar-refractivity contribution in [3.8, 4) is 0 Å². The Morgan fingerprint density at radius 3 is 2.14 bits per heavy atom. The van der Waals surface area contributed by atoms with E-state index in [0.29, 0.717) is 31.7 Å². The largest absolute Gasteiger partial charge is 0.352 e. The van der Waals surface area contributed by atoms with E-state index in [9.17, 15) is 14.4 Å². The normalized spacial score (nSPS) is 14.7. The standard InChI is InChI=1S/C14H18N4O3/c15-14(21)16-10-12(19)17-6-8-18(9-7-17)13(20)11-4-2-1-3-5-11/h1-5H,6-10H2,(H3,15,16,21). The van der Waals surface area contributed by atoms with Crippen molar-refractivity contribution >= 4 is 17.8 Å². The molecule has 1 aliphatic heterocycles. The number of hydrogen-bond donors (Lipinski definition) is 2. The van der Waals surface area contributed by atoms with Crippen molar-refractivity contribution in [3.05, 3.63) is 35.9 Å². The van der Waals surface area contributed by atoms with Gasteiger partial charge in [-0.1, -0.05) is 18.2 Å². The number of nitrogens with one attached hydrogen (secondary N) is 1. The molecule has 1 aromatic carbocycles. The van der Waals surface area contributed by atoms with Crippen molar-refractivity contribution in [3.63, 3.8) is 0 Å². The van der Waals surface area contributed by atoms with Crippen LogP contribution in [0, 0.1) is 0 Å². The highest BCUT2D eigenvalue weighted by Gasteiger charge is 2.24. The lowest BCUT2D eigenvalue weighted by atomic mass is 10.2. The monoisotopic (exact) mass is 290 g/mol. The Labute approximate surface area is 122 Å². The molecule has 1 aromatic rings. The molecular formula is C14H18N4O3. The lowest BCUT2D eigenvalue weighted by Crippen LogP contribution is -2.52. The van der Waals surface area contributed by atoms with Crippen LogP contribution in [0.1, 0.15) is 10.4 Å². The van der Waals surface area contributed by atoms with Gasteiger partial charge in [0.1, 0.15) is 0 Å². The summed E-state index contributed by atoms with van der Waals surface area (Å²) in [5.74, 6) is -0.224. The molecule has 1 fully saturated rings. The Morgan fingerprint density at radius 1 is 1.00 bits per heavy atom. The Balaban J connectivity index is 1.84. The van der Waals surface area contributed by atoms with Crippen molar-refractivity contribution in [2.45, 2.75) is 0 Å². The third-order valence-electron chi connectivity index (χ3n) is 3.35. The van der Waals surface area contributed by atoms with Crippen LogP contribution < -0.4 is 11.1 Å². The minimum Gasteiger partial charge on any atom is -0.352 e. The van der Waals surface area contributed by atoms with Crippen molar-refractivity contribution in [2.75, 3.05) is 32.7 Å². The zero-order valence-corrected chi connectivity index (χ0v) is 11.6. The topological polar surface area (TPSA) is 95.7 Å². The van der Waals surface area contributed by atoms with Crippen molar-refractivity contribution in [1.82, 2.24) is 15.1 Å². The van der Waals surface area contributed by atoms with Gasteiger partial charge in [-0.3, -0.25) is 9.59 Å². The molecule has 0 bridgehead atoms. The number of benzene rings is 1. The number of primary amides is 1. The predicted octanol–water partition coefficient (Wildman–Crippen LogP) is -0.361. The summed E-state index contributed by atoms with van der Waals surface area (Å²) in [4.78, 5) is 38.0. The second kappa shape index (κ2) is 6.74. The number of nitrogens with two attached hydrogens (primary N) is 1. The fourth-order valence-corrected chi connectivity index (χ4v) is 2.20. The van der Waals surface area contributed by atoms with E-state index in [4.69, 9.17) is 5.73 Å². The van der Waals surface area contributed by atoms with Gasteiger partial charge in [0.2, 0.25) is 5.91 Å². The molecule has 0 saturated carbocycles. The highest BCUT2D eigenvalue weighted by Crippen LogP contribution is 2.08. The molecule has 112 valence electrons. The molecule has 0 aromatic heterocycles. The first-order valence-electron chi connectivity index (χ1n) is 6.73. The van der Waals surface area contributed by atoms with Gasteiger partial charge in [0.25, 0.3) is 5.91 Å². The second-order valence-electron chi connectivity index (χ2n) is 4.76. The van der Waals surface area contributed by atoms with Crippen LogP contribution in [0.3, 0.4) is 0 Å². The van der Waals surface area contributed by atoms with E-state index >= 15 is 0 Å². The van der Waals surface area contributed by atoms with Gasteiger partial charge in [-0.15, -0.1) is 0 Å². The second-order valence-corrected chi connectivity index (χ2v) is 4.76. The van der Waals surface area contributed by atoms with Crippen molar-refractivity contribution in [1.29, 1.82) is 0 Å². The van der Waals surface area contributed by atoms with E-state index in [1.807, 2.05) is 18.2 Å². The number of piperazine rings is 1. The highest BCUT2D eigenvalue weighted by atomic mass is 16.2. The lowest BCUT2D eigenvalue weighted by molar-refractivity contribution is -0.131. The van der Waals surface area contributed by atoms with Crippen LogP contribution in [0.2, 0.25) is 0 Å². The number of amides is 4. The number of urea groups is 1. The molecule has 0 radical (unpaired) electrons. The zero-order valence-electron chi connectivity index (χ0n) is 11.6. The molecule has 1 aliphatic rings. The van der Waals surface area contributed by atoms with Crippen molar-refractivity contribution in [2.24, 2.45) is 5.73 Å². The van der Waals surface area contributed by atoms with E-state index < -0.39 is 6.03 Å². The molecule has 0 atom stereocenters. The van der Waals surface area contributed by atoms with Gasteiger partial charge >= 0.3 is 6.03 Å². The van der Waals surface area contributed by atoms with Crippen LogP contribution in [-0.4, -0.2) is 60.4 Å². The molecule has 4 amide bonds. The average Bonchev–Trinajstić information content (AvgIpc) is 2.53. The number of carbonyl (C=O) groups excluding carboxylic acids is 3. The van der Waals surface area contributed by atoms with Gasteiger partial charge in [-0.05, 0) is 12.1 Å². The minimum absolute atomic E-state index is 0.0297. The number of carbonyl (C=O) groups is 3. The molecule has 0 aliphatic carbocycles. The predicted molar refractivity (Wildman–Crippen MR) is 76.5 cm³/mol. The SMILES string of the molecule is NC(=O)NCC(=O)N1CCN(C(=O)c2ccccc2)CC1. The fraction of sp³-hybridized carbons (Fsp3) is 0.357. The third-order valence-corrected chi connectivity index (χ3v) is 3.35. The summed E-state index contributed by atoms with van der Waals surface area (Å²) >= 11 is 0. The minimum atomic E-state index is -0.721. The summed E-state index contributed by atoms with van der Waals surface area (Å²) < 4.78 is 0. The summed E-state index contributed by atoms with van der Waals surface area (Å²) in [5, 5.41) is 2.27. The van der Waals surface area contributed by atoms with Crippen LogP contribution in [0.15, 0.2) is 30.3 Å². The molecule has 1 saturated heterocycles. The van der Waals surface area contributed by atoms with Crippen LogP contribution in [0.5, 0.6) is 0 Å². The molecule has 7 heteroatoms. The first-order valence-corrected chi connectivity index (χ1v) is 6.73. The summed E-state index contributed by atoms with van der Waals surface area (Å²) in [6, 6.07) is 8.33. The van der Waals surface area contributed by atoms with Crippen LogP contribution in [0.25, 0.3) is 0 Å². The number of hydrogen-bond acceptors (Lipinski definition) is 3. The first-order chi connectivity index (χ1) is 10.1. The molecule has 0 spiro atoms. The average molecular weight is 290 g/mol. The maximum atomic E-state index is 12.2. The maximum absolute atomic E-state index is 12.2. The number of nitrogens with zero attached hydrogens (tertiary/aromatic N) is 2. The molecule has 2 rings (SSSR count). The first kappa shape index (κ1) is 14.8. The molecule has 7 nitrogen and oxygen atoms in total. The van der Waals surface area contributed by atoms with Gasteiger partial charge in [0.15, 0.2) is 0 Å². The van der Waals surface area contributed by atoms with Crippen LogP contribution in [0.4, 0.5) is 4.79 Å². The summed E-state index contributed by atoms with van der Waals surface area (Å²) in [6.45, 7) is 1.77. The van der Waals surface area contributed by atoms with Crippen molar-refractivity contribution < 1.29 is 14.4 Å². The van der Waals surface area contributed by atoms with E-state index in [1.165, 1.54) is 0 Å². The lowest BCUT2D eigenvalue weighted by Gasteiger charge is -2.34. The van der Waals surface area contributed by atoms with Crippen LogP contribution in [-0.2, 0) is 4.79 Å². The van der Waals surface area contributed by atoms with E-state index in [2.05, 4.69) is 5.32 Å². The quantitative estimate of drug-likeness (QED) is 0.795. The third kappa shape index (κ3) is 3.95. The van der Waals surface area contributed by atoms with Crippen LogP contribution >= 0.6 is 0 Å². The Morgan fingerprint density at radius 2 is 1.57 bits per heavy atom. The molecule has 1 heterocycles. The molecular weight excluding hydrogens is 272 g/mol. The summed E-state index contributed by atoms with van der Waals surface area (Å²) in [6.07, 6.45) is 0. The van der Waals surface area contributed by atoms with Gasteiger partial charge in [0.05, 0.1) is 6.54 Å². The maximum Gasteiger partial charge on any atom is 0.312 e. The van der Waals surface area contributed by atoms with Gasteiger partial charge < -0.3 is 20.9 Å². The van der Waals surface area contributed by atoms with Gasteiger partial charge in [-0.2, -0.15) is 0 Å². The molecule has 0 unspecified atom stereocenters. The summed E-state index contributed by atoms with van der Waals surface area (Å²) in [7, 11) is 0.